The summed E-state index contributed by atoms with van der Waals surface area (Å²) in [4.78, 5) is 0. The van der Waals surface area contributed by atoms with E-state index in [9.17, 15) is 0 Å². The molecule has 5 nitrogen and oxygen atoms in total. The van der Waals surface area contributed by atoms with Gasteiger partial charge in [-0.2, -0.15) is 0 Å². The zero-order valence-electron chi connectivity index (χ0n) is 11.6. The van der Waals surface area contributed by atoms with Gasteiger partial charge in [-0.1, -0.05) is 38.3 Å². The maximum absolute atomic E-state index is 5.71. The third kappa shape index (κ3) is 5.60. The highest BCUT2D eigenvalue weighted by atomic mass is 16.5. The van der Waals surface area contributed by atoms with Gasteiger partial charge in [0.1, 0.15) is 0 Å². The van der Waals surface area contributed by atoms with E-state index in [1.807, 2.05) is 6.20 Å². The van der Waals surface area contributed by atoms with Crippen molar-refractivity contribution in [3.8, 4) is 0 Å². The number of unbranched alkanes of at least 4 members (excludes halogenated alkanes) is 1. The van der Waals surface area contributed by atoms with Crippen LogP contribution in [0.4, 0.5) is 0 Å². The Morgan fingerprint density at radius 3 is 2.89 bits per heavy atom. The van der Waals surface area contributed by atoms with Crippen molar-refractivity contribution in [3.63, 3.8) is 0 Å². The summed E-state index contributed by atoms with van der Waals surface area (Å²) in [5.74, 6) is 0.695. The first-order chi connectivity index (χ1) is 8.80. The molecule has 18 heavy (non-hydrogen) atoms. The van der Waals surface area contributed by atoms with Crippen LogP contribution in [0.2, 0.25) is 0 Å². The molecule has 1 aromatic heterocycles. The molecular weight excluding hydrogens is 228 g/mol. The van der Waals surface area contributed by atoms with Gasteiger partial charge in [0, 0.05) is 19.3 Å². The molecule has 0 saturated carbocycles. The van der Waals surface area contributed by atoms with Crippen LogP contribution in [0.15, 0.2) is 6.20 Å². The Balaban J connectivity index is 2.13. The molecule has 0 bridgehead atoms. The van der Waals surface area contributed by atoms with Crippen molar-refractivity contribution in [1.82, 2.24) is 15.0 Å². The number of aromatic nitrogens is 3. The van der Waals surface area contributed by atoms with Crippen LogP contribution in [-0.4, -0.2) is 28.2 Å². The first kappa shape index (κ1) is 15.1. The fourth-order valence-electron chi connectivity index (χ4n) is 1.85. The van der Waals surface area contributed by atoms with Crippen molar-refractivity contribution < 1.29 is 4.74 Å². The first-order valence-electron chi connectivity index (χ1n) is 6.96. The van der Waals surface area contributed by atoms with Crippen LogP contribution in [0.3, 0.4) is 0 Å². The van der Waals surface area contributed by atoms with Gasteiger partial charge in [-0.15, -0.1) is 5.10 Å². The van der Waals surface area contributed by atoms with E-state index in [0.717, 1.165) is 18.8 Å². The van der Waals surface area contributed by atoms with E-state index in [4.69, 9.17) is 10.5 Å². The Hall–Kier alpha value is -0.940. The molecule has 0 saturated heterocycles. The fraction of sp³-hybridized carbons (Fsp3) is 0.846. The average molecular weight is 254 g/mol. The van der Waals surface area contributed by atoms with Gasteiger partial charge >= 0.3 is 0 Å². The Labute approximate surface area is 110 Å². The second-order valence-electron chi connectivity index (χ2n) is 4.67. The molecule has 0 spiro atoms. The molecule has 1 aromatic rings. The van der Waals surface area contributed by atoms with Gasteiger partial charge in [0.25, 0.3) is 0 Å². The summed E-state index contributed by atoms with van der Waals surface area (Å²) in [6.45, 7) is 7.19. The highest BCUT2D eigenvalue weighted by molar-refractivity contribution is 4.90. The normalized spacial score (nSPS) is 12.8. The number of hydrogen-bond acceptors (Lipinski definition) is 4. The summed E-state index contributed by atoms with van der Waals surface area (Å²) >= 11 is 0. The summed E-state index contributed by atoms with van der Waals surface area (Å²) in [6, 6.07) is 0. The van der Waals surface area contributed by atoms with E-state index >= 15 is 0 Å². The van der Waals surface area contributed by atoms with E-state index in [-0.39, 0.29) is 0 Å². The molecule has 1 unspecified atom stereocenters. The molecular formula is C13H26N4O. The molecule has 0 amide bonds. The van der Waals surface area contributed by atoms with Gasteiger partial charge in [-0.05, 0) is 12.3 Å². The lowest BCUT2D eigenvalue weighted by Crippen LogP contribution is -2.13. The topological polar surface area (TPSA) is 66.0 Å². The zero-order chi connectivity index (χ0) is 13.2. The Morgan fingerprint density at radius 2 is 2.28 bits per heavy atom. The van der Waals surface area contributed by atoms with Gasteiger partial charge in [0.2, 0.25) is 0 Å². The Morgan fingerprint density at radius 1 is 1.44 bits per heavy atom. The minimum Gasteiger partial charge on any atom is -0.379 e. The van der Waals surface area contributed by atoms with Crippen molar-refractivity contribution in [2.75, 3.05) is 13.2 Å². The van der Waals surface area contributed by atoms with E-state index in [2.05, 4.69) is 24.2 Å². The number of nitrogens with zero attached hydrogens (tertiary/aromatic N) is 3. The van der Waals surface area contributed by atoms with Crippen LogP contribution in [0.25, 0.3) is 0 Å². The maximum atomic E-state index is 5.71. The lowest BCUT2D eigenvalue weighted by atomic mass is 10.0. The fourth-order valence-corrected chi connectivity index (χ4v) is 1.85. The summed E-state index contributed by atoms with van der Waals surface area (Å²) < 4.78 is 7.50. The highest BCUT2D eigenvalue weighted by Crippen LogP contribution is 2.12. The molecule has 5 heteroatoms. The van der Waals surface area contributed by atoms with Crippen LogP contribution in [0, 0.1) is 5.92 Å². The van der Waals surface area contributed by atoms with Crippen molar-refractivity contribution in [2.24, 2.45) is 11.7 Å². The monoisotopic (exact) mass is 254 g/mol. The van der Waals surface area contributed by atoms with Crippen LogP contribution in [-0.2, 0) is 17.8 Å². The van der Waals surface area contributed by atoms with Gasteiger partial charge < -0.3 is 10.5 Å². The SMILES string of the molecule is CCCCC(CC)COCCn1cc(CN)nn1. The predicted octanol–water partition coefficient (Wildman–Crippen LogP) is 1.97. The second-order valence-corrected chi connectivity index (χ2v) is 4.67. The van der Waals surface area contributed by atoms with Crippen molar-refractivity contribution >= 4 is 0 Å². The molecule has 1 rings (SSSR count). The highest BCUT2D eigenvalue weighted by Gasteiger charge is 2.06. The standard InChI is InChI=1S/C13H26N4O/c1-3-5-6-12(4-2)11-18-8-7-17-10-13(9-14)15-16-17/h10,12H,3-9,11,14H2,1-2H3. The number of nitrogens with two attached hydrogens (primary N) is 1. The summed E-state index contributed by atoms with van der Waals surface area (Å²) in [5, 5.41) is 7.92. The van der Waals surface area contributed by atoms with Crippen LogP contribution < -0.4 is 5.73 Å². The van der Waals surface area contributed by atoms with Crippen molar-refractivity contribution in [2.45, 2.75) is 52.6 Å². The maximum Gasteiger partial charge on any atom is 0.0962 e. The number of ether oxygens (including phenoxy) is 1. The van der Waals surface area contributed by atoms with Crippen molar-refractivity contribution in [1.29, 1.82) is 0 Å². The number of rotatable bonds is 10. The van der Waals surface area contributed by atoms with E-state index in [1.165, 1.54) is 25.7 Å². The molecule has 2 N–H and O–H groups in total. The molecule has 1 heterocycles. The van der Waals surface area contributed by atoms with Gasteiger partial charge in [0.15, 0.2) is 0 Å². The largest absolute Gasteiger partial charge is 0.379 e. The van der Waals surface area contributed by atoms with Crippen LogP contribution >= 0.6 is 0 Å². The Bertz CT molecular complexity index is 314. The lowest BCUT2D eigenvalue weighted by Gasteiger charge is -2.14. The van der Waals surface area contributed by atoms with Gasteiger partial charge in [-0.3, -0.25) is 0 Å². The molecule has 0 fully saturated rings. The minimum atomic E-state index is 0.440. The van der Waals surface area contributed by atoms with Gasteiger partial charge in [-0.25, -0.2) is 4.68 Å². The summed E-state index contributed by atoms with van der Waals surface area (Å²) in [6.07, 6.45) is 6.90. The molecule has 0 aliphatic carbocycles. The first-order valence-corrected chi connectivity index (χ1v) is 6.96. The molecule has 0 aromatic carbocycles. The second kappa shape index (κ2) is 9.05. The Kier molecular flexibility index (Phi) is 7.60. The zero-order valence-corrected chi connectivity index (χ0v) is 11.6. The lowest BCUT2D eigenvalue weighted by molar-refractivity contribution is 0.0859. The quantitative estimate of drug-likeness (QED) is 0.648. The van der Waals surface area contributed by atoms with E-state index < -0.39 is 0 Å². The molecule has 0 aliphatic heterocycles. The van der Waals surface area contributed by atoms with E-state index in [1.54, 1.807) is 4.68 Å². The van der Waals surface area contributed by atoms with Crippen molar-refractivity contribution in [3.05, 3.63) is 11.9 Å². The minimum absolute atomic E-state index is 0.440. The van der Waals surface area contributed by atoms with Crippen LogP contribution in [0.5, 0.6) is 0 Å². The van der Waals surface area contributed by atoms with Crippen LogP contribution in [0.1, 0.15) is 45.2 Å². The summed E-state index contributed by atoms with van der Waals surface area (Å²) in [5.41, 5.74) is 6.30. The molecule has 0 radical (unpaired) electrons. The van der Waals surface area contributed by atoms with Gasteiger partial charge in [0.05, 0.1) is 18.8 Å². The summed E-state index contributed by atoms with van der Waals surface area (Å²) in [7, 11) is 0. The third-order valence-electron chi connectivity index (χ3n) is 3.16. The third-order valence-corrected chi connectivity index (χ3v) is 3.16. The molecule has 0 aliphatic rings. The predicted molar refractivity (Wildman–Crippen MR) is 72.0 cm³/mol. The number of hydrogen-bond donors (Lipinski definition) is 1. The molecule has 104 valence electrons. The average Bonchev–Trinajstić information content (AvgIpc) is 2.86. The molecule has 1 atom stereocenters. The smallest absolute Gasteiger partial charge is 0.0962 e. The van der Waals surface area contributed by atoms with E-state index in [0.29, 0.717) is 19.1 Å².